The molecule has 3 rings (SSSR count). The second kappa shape index (κ2) is 8.55. The normalized spacial score (nSPS) is 11.8. The van der Waals surface area contributed by atoms with Gasteiger partial charge in [-0.15, -0.1) is 24.8 Å². The van der Waals surface area contributed by atoms with Gasteiger partial charge in [0.25, 0.3) is 0 Å². The highest BCUT2D eigenvalue weighted by Gasteiger charge is 2.06. The van der Waals surface area contributed by atoms with E-state index in [1.165, 1.54) is 0 Å². The molecule has 7 heteroatoms. The molecule has 0 atom stereocenters. The number of halogens is 2. The Bertz CT molecular complexity index is 911. The Kier molecular flexibility index (Phi) is 7.03. The minimum atomic E-state index is 0. The van der Waals surface area contributed by atoms with Crippen molar-refractivity contribution in [2.75, 3.05) is 14.1 Å². The van der Waals surface area contributed by atoms with Crippen LogP contribution < -0.4 is 11.5 Å². The van der Waals surface area contributed by atoms with Gasteiger partial charge in [0.1, 0.15) is 11.7 Å². The molecule has 0 amide bonds. The molecule has 0 unspecified atom stereocenters. The van der Waals surface area contributed by atoms with Crippen LogP contribution in [0.5, 0.6) is 0 Å². The molecule has 5 nitrogen and oxygen atoms in total. The van der Waals surface area contributed by atoms with Crippen LogP contribution in [0.3, 0.4) is 0 Å². The van der Waals surface area contributed by atoms with Crippen molar-refractivity contribution in [3.8, 4) is 11.3 Å². The van der Waals surface area contributed by atoms with Gasteiger partial charge in [0.05, 0.1) is 0 Å². The Morgan fingerprint density at radius 3 is 1.96 bits per heavy atom. The Hall–Kier alpha value is -2.50. The fourth-order valence-electron chi connectivity index (χ4n) is 2.52. The van der Waals surface area contributed by atoms with Gasteiger partial charge in [0, 0.05) is 41.8 Å². The average molecular weight is 378 g/mol. The molecule has 3 aromatic rings. The average Bonchev–Trinajstić information content (AvgIpc) is 3.03. The van der Waals surface area contributed by atoms with Crippen LogP contribution in [0.1, 0.15) is 11.1 Å². The van der Waals surface area contributed by atoms with Crippen molar-refractivity contribution >= 4 is 47.4 Å². The monoisotopic (exact) mass is 377 g/mol. The molecule has 0 bridgehead atoms. The molecular formula is C18H21Cl2N5. The number of nitrogens with one attached hydrogen (secondary N) is 1. The van der Waals surface area contributed by atoms with Crippen LogP contribution in [0, 0.1) is 0 Å². The van der Waals surface area contributed by atoms with Crippen LogP contribution in [-0.2, 0) is 0 Å². The molecule has 132 valence electrons. The number of hydrogen-bond donors (Lipinski definition) is 3. The number of hydrogen-bond acceptors (Lipinski definition) is 2. The van der Waals surface area contributed by atoms with Gasteiger partial charge < -0.3 is 16.5 Å². The number of nitrogens with zero attached hydrogens (tertiary/aromatic N) is 2. The van der Waals surface area contributed by atoms with E-state index in [4.69, 9.17) is 11.5 Å². The van der Waals surface area contributed by atoms with Gasteiger partial charge in [-0.1, -0.05) is 36.4 Å². The zero-order valence-corrected chi connectivity index (χ0v) is 15.6. The van der Waals surface area contributed by atoms with Gasteiger partial charge in [-0.2, -0.15) is 0 Å². The van der Waals surface area contributed by atoms with Crippen LogP contribution in [0.4, 0.5) is 0 Å². The van der Waals surface area contributed by atoms with Crippen molar-refractivity contribution in [1.29, 1.82) is 0 Å². The topological polar surface area (TPSA) is 92.5 Å². The Morgan fingerprint density at radius 2 is 1.36 bits per heavy atom. The van der Waals surface area contributed by atoms with E-state index in [9.17, 15) is 0 Å². The second-order valence-corrected chi connectivity index (χ2v) is 5.28. The first-order valence-corrected chi connectivity index (χ1v) is 7.31. The maximum atomic E-state index is 5.87. The third kappa shape index (κ3) is 4.13. The van der Waals surface area contributed by atoms with Gasteiger partial charge in [-0.3, -0.25) is 9.98 Å². The van der Waals surface area contributed by atoms with Crippen molar-refractivity contribution in [1.82, 2.24) is 4.98 Å². The third-order valence-electron chi connectivity index (χ3n) is 3.89. The summed E-state index contributed by atoms with van der Waals surface area (Å²) in [6.07, 6.45) is 0. The molecule has 2 aromatic carbocycles. The molecule has 0 radical (unpaired) electrons. The van der Waals surface area contributed by atoms with Gasteiger partial charge >= 0.3 is 0 Å². The zero-order chi connectivity index (χ0) is 16.4. The molecule has 5 N–H and O–H groups in total. The predicted octanol–water partition coefficient (Wildman–Crippen LogP) is 3.35. The highest BCUT2D eigenvalue weighted by Crippen LogP contribution is 2.25. The smallest absolute Gasteiger partial charge is 0.125 e. The first kappa shape index (κ1) is 20.5. The van der Waals surface area contributed by atoms with E-state index in [1.54, 1.807) is 14.1 Å². The Balaban J connectivity index is 0.00000156. The molecule has 0 aliphatic rings. The molecule has 0 spiro atoms. The van der Waals surface area contributed by atoms with E-state index < -0.39 is 0 Å². The minimum absolute atomic E-state index is 0. The number of aromatic nitrogens is 1. The molecular weight excluding hydrogens is 357 g/mol. The summed E-state index contributed by atoms with van der Waals surface area (Å²) in [6, 6.07) is 16.1. The zero-order valence-electron chi connectivity index (χ0n) is 14.0. The second-order valence-electron chi connectivity index (χ2n) is 5.28. The summed E-state index contributed by atoms with van der Waals surface area (Å²) in [5, 5.41) is 1.13. The van der Waals surface area contributed by atoms with Gasteiger partial charge in [-0.25, -0.2) is 0 Å². The largest absolute Gasteiger partial charge is 0.384 e. The van der Waals surface area contributed by atoms with E-state index >= 15 is 0 Å². The molecule has 0 fully saturated rings. The fraction of sp³-hybridized carbons (Fsp3) is 0.111. The van der Waals surface area contributed by atoms with Crippen molar-refractivity contribution in [3.63, 3.8) is 0 Å². The number of benzene rings is 2. The summed E-state index contributed by atoms with van der Waals surface area (Å²) in [4.78, 5) is 11.4. The van der Waals surface area contributed by atoms with E-state index in [2.05, 4.69) is 21.0 Å². The lowest BCUT2D eigenvalue weighted by atomic mass is 10.1. The van der Waals surface area contributed by atoms with Crippen LogP contribution in [0.25, 0.3) is 22.2 Å². The van der Waals surface area contributed by atoms with E-state index in [0.29, 0.717) is 11.7 Å². The number of amidine groups is 2. The summed E-state index contributed by atoms with van der Waals surface area (Å²) in [5.74, 6) is 1.06. The Labute approximate surface area is 159 Å². The summed E-state index contributed by atoms with van der Waals surface area (Å²) in [5.41, 5.74) is 16.7. The lowest BCUT2D eigenvalue weighted by Crippen LogP contribution is -2.12. The maximum Gasteiger partial charge on any atom is 0.125 e. The van der Waals surface area contributed by atoms with Crippen molar-refractivity contribution in [2.45, 2.75) is 0 Å². The SMILES string of the molecule is CN=C(N)c1ccc(-c2cc3ccc(C(N)=NC)cc3[nH]2)cc1.Cl.Cl. The summed E-state index contributed by atoms with van der Waals surface area (Å²) in [7, 11) is 3.37. The molecule has 25 heavy (non-hydrogen) atoms. The van der Waals surface area contributed by atoms with E-state index in [1.807, 2.05) is 42.5 Å². The molecule has 1 aromatic heterocycles. The lowest BCUT2D eigenvalue weighted by Gasteiger charge is -2.02. The van der Waals surface area contributed by atoms with Crippen molar-refractivity contribution in [3.05, 3.63) is 59.7 Å². The summed E-state index contributed by atoms with van der Waals surface area (Å²) < 4.78 is 0. The van der Waals surface area contributed by atoms with Crippen LogP contribution in [0.15, 0.2) is 58.5 Å². The lowest BCUT2D eigenvalue weighted by molar-refractivity contribution is 1.38. The maximum absolute atomic E-state index is 5.87. The molecule has 1 heterocycles. The first-order valence-electron chi connectivity index (χ1n) is 7.31. The first-order chi connectivity index (χ1) is 11.1. The number of fused-ring (bicyclic) bond motifs is 1. The number of H-pyrrole nitrogens is 1. The summed E-state index contributed by atoms with van der Waals surface area (Å²) in [6.45, 7) is 0. The van der Waals surface area contributed by atoms with Crippen LogP contribution >= 0.6 is 24.8 Å². The minimum Gasteiger partial charge on any atom is -0.384 e. The quantitative estimate of drug-likeness (QED) is 0.482. The number of aromatic amines is 1. The van der Waals surface area contributed by atoms with Crippen LogP contribution in [-0.4, -0.2) is 30.8 Å². The van der Waals surface area contributed by atoms with Crippen molar-refractivity contribution < 1.29 is 0 Å². The summed E-state index contributed by atoms with van der Waals surface area (Å²) >= 11 is 0. The van der Waals surface area contributed by atoms with Gasteiger partial charge in [-0.05, 0) is 17.7 Å². The van der Waals surface area contributed by atoms with Crippen molar-refractivity contribution in [2.24, 2.45) is 21.5 Å². The fourth-order valence-corrected chi connectivity index (χ4v) is 2.52. The molecule has 0 saturated carbocycles. The standard InChI is InChI=1S/C18H19N5.2ClH/c1-21-17(19)12-5-3-11(4-6-12)15-9-13-7-8-14(18(20)22-2)10-16(13)23-15;;/h3-10,23H,1-2H3,(H2,19,21)(H2,20,22);2*1H. The van der Waals surface area contributed by atoms with Gasteiger partial charge in [0.15, 0.2) is 0 Å². The number of aliphatic imine (C=N–C) groups is 2. The van der Waals surface area contributed by atoms with Crippen LogP contribution in [0.2, 0.25) is 0 Å². The van der Waals surface area contributed by atoms with E-state index in [0.717, 1.165) is 33.3 Å². The molecule has 0 aliphatic heterocycles. The highest BCUT2D eigenvalue weighted by atomic mass is 35.5. The molecule has 0 saturated heterocycles. The highest BCUT2D eigenvalue weighted by molar-refractivity contribution is 6.01. The van der Waals surface area contributed by atoms with E-state index in [-0.39, 0.29) is 24.8 Å². The number of rotatable bonds is 3. The Morgan fingerprint density at radius 1 is 0.800 bits per heavy atom. The third-order valence-corrected chi connectivity index (χ3v) is 3.89. The number of nitrogens with two attached hydrogens (primary N) is 2. The van der Waals surface area contributed by atoms with Gasteiger partial charge in [0.2, 0.25) is 0 Å². The molecule has 0 aliphatic carbocycles. The predicted molar refractivity (Wildman–Crippen MR) is 112 cm³/mol.